The van der Waals surface area contributed by atoms with E-state index in [9.17, 15) is 28.8 Å². The number of rotatable bonds is 16. The second-order valence-electron chi connectivity index (χ2n) is 12.7. The third-order valence-electron chi connectivity index (χ3n) is 7.17. The number of anilines is 1. The number of halogens is 1. The Balaban J connectivity index is 0.00000936. The summed E-state index contributed by atoms with van der Waals surface area (Å²) in [5, 5.41) is 20.8. The van der Waals surface area contributed by atoms with Gasteiger partial charge in [0, 0.05) is 36.2 Å². The number of esters is 1. The standard InChI is InChI=1S/C35H45N7O9.ClH/c1-21-17-30(45)50-27-18-23(12-13-24(21)27)40-32(47)25(11-8-16-38-33(36)37)41-28(43)19-39-31(46)26(42-34(48)51-35(2,3)4)14-15-29(44)49-20-22-9-6-5-7-10-22;/h5-7,9-10,12-13,17-18,25-26H,8,11,14-16,19-20H2,1-4H3,(H,39,46)(H,40,47)(H,41,43)(H,42,48)(H4,36,37,38);1H/t25-,26-;/m0./s1. The summed E-state index contributed by atoms with van der Waals surface area (Å²) in [7, 11) is 0. The predicted octanol–water partition coefficient (Wildman–Crippen LogP) is 2.74. The van der Waals surface area contributed by atoms with Crippen molar-refractivity contribution in [1.29, 1.82) is 5.41 Å². The van der Waals surface area contributed by atoms with E-state index in [4.69, 9.17) is 25.0 Å². The van der Waals surface area contributed by atoms with Gasteiger partial charge in [0.25, 0.3) is 0 Å². The molecule has 1 aromatic heterocycles. The van der Waals surface area contributed by atoms with E-state index < -0.39 is 59.6 Å². The normalized spacial score (nSPS) is 11.9. The maximum absolute atomic E-state index is 13.3. The van der Waals surface area contributed by atoms with E-state index in [-0.39, 0.29) is 56.4 Å². The van der Waals surface area contributed by atoms with Crippen molar-refractivity contribution < 1.29 is 37.9 Å². The van der Waals surface area contributed by atoms with E-state index in [0.717, 1.165) is 5.56 Å². The molecule has 0 aliphatic heterocycles. The van der Waals surface area contributed by atoms with Crippen LogP contribution >= 0.6 is 12.4 Å². The number of nitrogens with two attached hydrogens (primary N) is 1. The summed E-state index contributed by atoms with van der Waals surface area (Å²) >= 11 is 0. The first-order chi connectivity index (χ1) is 24.1. The fourth-order valence-corrected chi connectivity index (χ4v) is 4.76. The highest BCUT2D eigenvalue weighted by molar-refractivity contribution is 5.99. The van der Waals surface area contributed by atoms with Crippen molar-refractivity contribution in [2.24, 2.45) is 5.73 Å². The number of nitrogens with one attached hydrogen (secondary N) is 6. The monoisotopic (exact) mass is 743 g/mol. The molecule has 4 amide bonds. The maximum Gasteiger partial charge on any atom is 0.408 e. The Labute approximate surface area is 306 Å². The molecule has 2 aromatic carbocycles. The molecule has 52 heavy (non-hydrogen) atoms. The Kier molecular flexibility index (Phi) is 16.6. The molecule has 0 bridgehead atoms. The van der Waals surface area contributed by atoms with E-state index in [1.54, 1.807) is 64.1 Å². The number of amides is 4. The third-order valence-corrected chi connectivity index (χ3v) is 7.17. The van der Waals surface area contributed by atoms with Gasteiger partial charge in [0.05, 0.1) is 6.54 Å². The molecule has 1 heterocycles. The molecule has 0 saturated carbocycles. The zero-order valence-corrected chi connectivity index (χ0v) is 30.3. The number of benzene rings is 2. The van der Waals surface area contributed by atoms with E-state index in [0.29, 0.717) is 23.1 Å². The van der Waals surface area contributed by atoms with Crippen molar-refractivity contribution >= 4 is 64.8 Å². The van der Waals surface area contributed by atoms with Crippen LogP contribution in [0.3, 0.4) is 0 Å². The van der Waals surface area contributed by atoms with E-state index in [2.05, 4.69) is 26.6 Å². The lowest BCUT2D eigenvalue weighted by atomic mass is 10.1. The minimum absolute atomic E-state index is 0. The number of carbonyl (C=O) groups excluding carboxylic acids is 5. The molecule has 0 aliphatic carbocycles. The molecule has 0 aliphatic rings. The number of carbonyl (C=O) groups is 5. The molecule has 0 saturated heterocycles. The second-order valence-corrected chi connectivity index (χ2v) is 12.7. The highest BCUT2D eigenvalue weighted by atomic mass is 35.5. The van der Waals surface area contributed by atoms with Crippen molar-refractivity contribution in [3.05, 3.63) is 76.1 Å². The van der Waals surface area contributed by atoms with Crippen LogP contribution in [0.4, 0.5) is 10.5 Å². The van der Waals surface area contributed by atoms with Crippen LogP contribution in [0.25, 0.3) is 11.0 Å². The Hall–Kier alpha value is -5.64. The minimum Gasteiger partial charge on any atom is -0.461 e. The van der Waals surface area contributed by atoms with Crippen LogP contribution in [-0.4, -0.2) is 66.5 Å². The van der Waals surface area contributed by atoms with Crippen LogP contribution in [-0.2, 0) is 35.3 Å². The Bertz CT molecular complexity index is 1780. The van der Waals surface area contributed by atoms with Gasteiger partial charge in [0.2, 0.25) is 17.7 Å². The Morgan fingerprint density at radius 1 is 0.923 bits per heavy atom. The van der Waals surface area contributed by atoms with Gasteiger partial charge in [-0.2, -0.15) is 0 Å². The van der Waals surface area contributed by atoms with Gasteiger partial charge in [-0.25, -0.2) is 9.59 Å². The number of alkyl carbamates (subject to hydrolysis) is 1. The smallest absolute Gasteiger partial charge is 0.408 e. The number of hydrogen-bond donors (Lipinski definition) is 7. The molecular weight excluding hydrogens is 698 g/mol. The third kappa shape index (κ3) is 15.1. The molecule has 17 heteroatoms. The van der Waals surface area contributed by atoms with Gasteiger partial charge in [-0.15, -0.1) is 12.4 Å². The lowest BCUT2D eigenvalue weighted by Gasteiger charge is -2.23. The van der Waals surface area contributed by atoms with Crippen molar-refractivity contribution in [2.75, 3.05) is 18.4 Å². The minimum atomic E-state index is -1.26. The van der Waals surface area contributed by atoms with Crippen molar-refractivity contribution in [3.8, 4) is 0 Å². The van der Waals surface area contributed by atoms with E-state index >= 15 is 0 Å². The first kappa shape index (κ1) is 42.5. The number of fused-ring (bicyclic) bond motifs is 1. The van der Waals surface area contributed by atoms with E-state index in [1.165, 1.54) is 12.1 Å². The average molecular weight is 744 g/mol. The first-order valence-corrected chi connectivity index (χ1v) is 16.3. The Morgan fingerprint density at radius 2 is 1.62 bits per heavy atom. The summed E-state index contributed by atoms with van der Waals surface area (Å²) in [4.78, 5) is 76.3. The summed E-state index contributed by atoms with van der Waals surface area (Å²) in [5.74, 6) is -2.94. The quantitative estimate of drug-likeness (QED) is 0.0370. The van der Waals surface area contributed by atoms with Gasteiger partial charge < -0.3 is 46.2 Å². The van der Waals surface area contributed by atoms with Crippen LogP contribution in [0, 0.1) is 12.3 Å². The van der Waals surface area contributed by atoms with Crippen molar-refractivity contribution in [2.45, 2.75) is 77.7 Å². The van der Waals surface area contributed by atoms with Gasteiger partial charge >= 0.3 is 17.7 Å². The lowest BCUT2D eigenvalue weighted by Crippen LogP contribution is -2.52. The number of aryl methyl sites for hydroxylation is 1. The average Bonchev–Trinajstić information content (AvgIpc) is 3.05. The molecule has 3 rings (SSSR count). The van der Waals surface area contributed by atoms with Gasteiger partial charge in [-0.1, -0.05) is 30.3 Å². The van der Waals surface area contributed by atoms with Crippen molar-refractivity contribution in [1.82, 2.24) is 21.3 Å². The van der Waals surface area contributed by atoms with Gasteiger partial charge in [-0.3, -0.25) is 24.6 Å². The van der Waals surface area contributed by atoms with Gasteiger partial charge in [0.15, 0.2) is 5.96 Å². The molecule has 282 valence electrons. The van der Waals surface area contributed by atoms with Crippen LogP contribution in [0.2, 0.25) is 0 Å². The van der Waals surface area contributed by atoms with Crippen LogP contribution in [0.15, 0.2) is 63.8 Å². The fourth-order valence-electron chi connectivity index (χ4n) is 4.76. The number of hydrogen-bond acceptors (Lipinski definition) is 10. The van der Waals surface area contributed by atoms with Crippen LogP contribution in [0.5, 0.6) is 0 Å². The predicted molar refractivity (Wildman–Crippen MR) is 196 cm³/mol. The van der Waals surface area contributed by atoms with Crippen LogP contribution in [0.1, 0.15) is 57.6 Å². The molecule has 0 spiro atoms. The first-order valence-electron chi connectivity index (χ1n) is 16.3. The van der Waals surface area contributed by atoms with Crippen LogP contribution < -0.4 is 37.9 Å². The zero-order chi connectivity index (χ0) is 37.6. The fraction of sp³-hybridized carbons (Fsp3) is 0.400. The maximum atomic E-state index is 13.3. The molecule has 0 radical (unpaired) electrons. The summed E-state index contributed by atoms with van der Waals surface area (Å²) in [6.45, 7) is 6.41. The largest absolute Gasteiger partial charge is 0.461 e. The second kappa shape index (κ2) is 20.3. The molecule has 8 N–H and O–H groups in total. The SMILES string of the molecule is Cc1cc(=O)oc2cc(NC(=O)[C@H](CCCNC(=N)N)NC(=O)CNC(=O)[C@H](CCC(=O)OCc3ccccc3)NC(=O)OC(C)(C)C)ccc12.Cl. The zero-order valence-electron chi connectivity index (χ0n) is 29.5. The summed E-state index contributed by atoms with van der Waals surface area (Å²) in [6, 6.07) is 12.8. The molecular formula is C35H46ClN7O9. The molecule has 2 atom stereocenters. The Morgan fingerprint density at radius 3 is 2.29 bits per heavy atom. The molecule has 0 fully saturated rings. The van der Waals surface area contributed by atoms with E-state index in [1.807, 2.05) is 6.07 Å². The number of guanidine groups is 1. The summed E-state index contributed by atoms with van der Waals surface area (Å²) < 4.78 is 15.8. The highest BCUT2D eigenvalue weighted by Crippen LogP contribution is 2.21. The van der Waals surface area contributed by atoms with Gasteiger partial charge in [-0.05, 0) is 70.2 Å². The highest BCUT2D eigenvalue weighted by Gasteiger charge is 2.27. The number of ether oxygens (including phenoxy) is 2. The molecule has 3 aromatic rings. The lowest BCUT2D eigenvalue weighted by molar-refractivity contribution is -0.145. The van der Waals surface area contributed by atoms with Crippen molar-refractivity contribution in [3.63, 3.8) is 0 Å². The summed E-state index contributed by atoms with van der Waals surface area (Å²) in [5.41, 5.74) is 6.00. The van der Waals surface area contributed by atoms with Gasteiger partial charge in [0.1, 0.15) is 29.9 Å². The topological polar surface area (TPSA) is 244 Å². The summed E-state index contributed by atoms with van der Waals surface area (Å²) in [6.07, 6.45) is -0.815. The molecule has 0 unspecified atom stereocenters. The molecule has 16 nitrogen and oxygen atoms in total.